The summed E-state index contributed by atoms with van der Waals surface area (Å²) in [4.78, 5) is 18.5. The van der Waals surface area contributed by atoms with Gasteiger partial charge in [-0.05, 0) is 25.8 Å². The highest BCUT2D eigenvalue weighted by molar-refractivity contribution is 7.09. The summed E-state index contributed by atoms with van der Waals surface area (Å²) in [6.45, 7) is 5.74. The number of nitrogens with zero attached hydrogens (tertiary/aromatic N) is 2. The number of hydrogen-bond donors (Lipinski definition) is 1. The van der Waals surface area contributed by atoms with Crippen LogP contribution in [-0.2, 0) is 6.42 Å². The first-order valence-electron chi connectivity index (χ1n) is 6.09. The lowest BCUT2D eigenvalue weighted by atomic mass is 10.1. The summed E-state index contributed by atoms with van der Waals surface area (Å²) < 4.78 is 0. The molecule has 2 rings (SSSR count). The predicted molar refractivity (Wildman–Crippen MR) is 69.2 cm³/mol. The van der Waals surface area contributed by atoms with Crippen molar-refractivity contribution in [1.29, 1.82) is 0 Å². The second-order valence-corrected chi connectivity index (χ2v) is 5.61. The van der Waals surface area contributed by atoms with Gasteiger partial charge in [0.25, 0.3) is 5.91 Å². The minimum Gasteiger partial charge on any atom is -0.334 e. The highest BCUT2D eigenvalue weighted by atomic mass is 32.1. The van der Waals surface area contributed by atoms with Crippen LogP contribution in [0.3, 0.4) is 0 Å². The lowest BCUT2D eigenvalue weighted by molar-refractivity contribution is 0.0729. The Labute approximate surface area is 106 Å². The quantitative estimate of drug-likeness (QED) is 0.888. The van der Waals surface area contributed by atoms with Crippen LogP contribution in [0.2, 0.25) is 0 Å². The average molecular weight is 253 g/mol. The van der Waals surface area contributed by atoms with Crippen LogP contribution < -0.4 is 5.73 Å². The molecule has 0 aromatic carbocycles. The molecule has 94 valence electrons. The van der Waals surface area contributed by atoms with E-state index in [9.17, 15) is 4.79 Å². The number of amides is 1. The number of carbonyl (C=O) groups is 1. The molecule has 5 heteroatoms. The maximum Gasteiger partial charge on any atom is 0.273 e. The maximum absolute atomic E-state index is 12.3. The van der Waals surface area contributed by atoms with Crippen molar-refractivity contribution in [2.24, 2.45) is 11.7 Å². The lowest BCUT2D eigenvalue weighted by Crippen LogP contribution is -2.35. The first-order chi connectivity index (χ1) is 8.13. The van der Waals surface area contributed by atoms with E-state index in [-0.39, 0.29) is 5.91 Å². The van der Waals surface area contributed by atoms with Gasteiger partial charge in [0.1, 0.15) is 5.69 Å². The van der Waals surface area contributed by atoms with Crippen LogP contribution in [0.25, 0.3) is 0 Å². The molecule has 1 amide bonds. The molecule has 2 N–H and O–H groups in total. The fourth-order valence-corrected chi connectivity index (χ4v) is 2.96. The van der Waals surface area contributed by atoms with Crippen LogP contribution in [0.4, 0.5) is 0 Å². The Balaban J connectivity index is 2.08. The van der Waals surface area contributed by atoms with Crippen LogP contribution in [0.5, 0.6) is 0 Å². The molecular formula is C12H19N3OS. The Morgan fingerprint density at radius 1 is 1.65 bits per heavy atom. The zero-order valence-electron chi connectivity index (χ0n) is 10.3. The molecule has 0 radical (unpaired) electrons. The van der Waals surface area contributed by atoms with Gasteiger partial charge in [-0.25, -0.2) is 4.98 Å². The fourth-order valence-electron chi connectivity index (χ4n) is 2.18. The van der Waals surface area contributed by atoms with Crippen molar-refractivity contribution in [1.82, 2.24) is 9.88 Å². The predicted octanol–water partition coefficient (Wildman–Crippen LogP) is 1.51. The molecule has 0 spiro atoms. The molecule has 1 aromatic heterocycles. The highest BCUT2D eigenvalue weighted by Gasteiger charge is 2.32. The van der Waals surface area contributed by atoms with Crippen LogP contribution in [0, 0.1) is 5.92 Å². The first-order valence-corrected chi connectivity index (χ1v) is 6.97. The number of aromatic nitrogens is 1. The molecule has 2 atom stereocenters. The Morgan fingerprint density at radius 3 is 3.00 bits per heavy atom. The molecule has 0 bridgehead atoms. The summed E-state index contributed by atoms with van der Waals surface area (Å²) in [7, 11) is 0. The van der Waals surface area contributed by atoms with E-state index < -0.39 is 0 Å². The Morgan fingerprint density at radius 2 is 2.41 bits per heavy atom. The zero-order chi connectivity index (χ0) is 12.4. The van der Waals surface area contributed by atoms with Crippen molar-refractivity contribution in [2.45, 2.75) is 32.7 Å². The smallest absolute Gasteiger partial charge is 0.273 e. The van der Waals surface area contributed by atoms with Gasteiger partial charge in [0, 0.05) is 24.4 Å². The molecule has 2 unspecified atom stereocenters. The SMILES string of the molecule is CC1CCN(C(=O)c2csc(CCN)n2)C1C. The van der Waals surface area contributed by atoms with E-state index in [0.29, 0.717) is 24.2 Å². The van der Waals surface area contributed by atoms with Gasteiger partial charge in [-0.3, -0.25) is 4.79 Å². The molecule has 1 aliphatic rings. The second kappa shape index (κ2) is 5.14. The molecule has 0 saturated carbocycles. The summed E-state index contributed by atoms with van der Waals surface area (Å²) in [5, 5.41) is 2.80. The van der Waals surface area contributed by atoms with Gasteiger partial charge in [0.05, 0.1) is 5.01 Å². The first kappa shape index (κ1) is 12.5. The molecule has 0 aliphatic carbocycles. The number of carbonyl (C=O) groups excluding carboxylic acids is 1. The minimum absolute atomic E-state index is 0.0707. The van der Waals surface area contributed by atoms with Crippen molar-refractivity contribution in [3.8, 4) is 0 Å². The Kier molecular flexibility index (Phi) is 3.79. The Bertz CT molecular complexity index is 404. The molecule has 1 aromatic rings. The number of thiazole rings is 1. The zero-order valence-corrected chi connectivity index (χ0v) is 11.2. The molecular weight excluding hydrogens is 234 g/mol. The summed E-state index contributed by atoms with van der Waals surface area (Å²) in [5.41, 5.74) is 6.06. The summed E-state index contributed by atoms with van der Waals surface area (Å²) in [5.74, 6) is 0.655. The van der Waals surface area contributed by atoms with Gasteiger partial charge >= 0.3 is 0 Å². The lowest BCUT2D eigenvalue weighted by Gasteiger charge is -2.22. The molecule has 1 fully saturated rings. The van der Waals surface area contributed by atoms with Gasteiger partial charge in [0.15, 0.2) is 0 Å². The molecule has 17 heavy (non-hydrogen) atoms. The van der Waals surface area contributed by atoms with Crippen molar-refractivity contribution in [3.05, 3.63) is 16.1 Å². The maximum atomic E-state index is 12.3. The number of rotatable bonds is 3. The van der Waals surface area contributed by atoms with Gasteiger partial charge in [-0.1, -0.05) is 6.92 Å². The summed E-state index contributed by atoms with van der Waals surface area (Å²) >= 11 is 1.52. The van der Waals surface area contributed by atoms with Gasteiger partial charge in [0.2, 0.25) is 0 Å². The van der Waals surface area contributed by atoms with E-state index in [1.54, 1.807) is 0 Å². The van der Waals surface area contributed by atoms with E-state index >= 15 is 0 Å². The van der Waals surface area contributed by atoms with E-state index in [0.717, 1.165) is 24.4 Å². The van der Waals surface area contributed by atoms with E-state index in [2.05, 4.69) is 18.8 Å². The summed E-state index contributed by atoms with van der Waals surface area (Å²) in [6, 6.07) is 0.321. The van der Waals surface area contributed by atoms with Crippen LogP contribution in [-0.4, -0.2) is 34.9 Å². The minimum atomic E-state index is 0.0707. The third-order valence-electron chi connectivity index (χ3n) is 3.53. The van der Waals surface area contributed by atoms with E-state index in [1.807, 2.05) is 10.3 Å². The number of likely N-dealkylation sites (tertiary alicyclic amines) is 1. The molecule has 1 saturated heterocycles. The normalized spacial score (nSPS) is 24.3. The summed E-state index contributed by atoms with van der Waals surface area (Å²) in [6.07, 6.45) is 1.84. The van der Waals surface area contributed by atoms with Gasteiger partial charge < -0.3 is 10.6 Å². The van der Waals surface area contributed by atoms with E-state index in [1.165, 1.54) is 11.3 Å². The van der Waals surface area contributed by atoms with Crippen LogP contribution >= 0.6 is 11.3 Å². The van der Waals surface area contributed by atoms with Gasteiger partial charge in [-0.15, -0.1) is 11.3 Å². The fraction of sp³-hybridized carbons (Fsp3) is 0.667. The number of nitrogens with two attached hydrogens (primary N) is 1. The number of hydrogen-bond acceptors (Lipinski definition) is 4. The highest BCUT2D eigenvalue weighted by Crippen LogP contribution is 2.25. The average Bonchev–Trinajstić information content (AvgIpc) is 2.88. The van der Waals surface area contributed by atoms with Crippen LogP contribution in [0.15, 0.2) is 5.38 Å². The molecule has 2 heterocycles. The molecule has 1 aliphatic heterocycles. The largest absolute Gasteiger partial charge is 0.334 e. The molecule has 4 nitrogen and oxygen atoms in total. The Hall–Kier alpha value is -0.940. The van der Waals surface area contributed by atoms with Crippen LogP contribution in [0.1, 0.15) is 35.8 Å². The topological polar surface area (TPSA) is 59.2 Å². The van der Waals surface area contributed by atoms with Crippen molar-refractivity contribution >= 4 is 17.2 Å². The third-order valence-corrected chi connectivity index (χ3v) is 4.44. The third kappa shape index (κ3) is 2.50. The second-order valence-electron chi connectivity index (χ2n) is 4.67. The van der Waals surface area contributed by atoms with Crippen molar-refractivity contribution in [3.63, 3.8) is 0 Å². The van der Waals surface area contributed by atoms with Crippen molar-refractivity contribution < 1.29 is 4.79 Å². The van der Waals surface area contributed by atoms with Gasteiger partial charge in [-0.2, -0.15) is 0 Å². The monoisotopic (exact) mass is 253 g/mol. The van der Waals surface area contributed by atoms with E-state index in [4.69, 9.17) is 5.73 Å². The van der Waals surface area contributed by atoms with Crippen molar-refractivity contribution in [2.75, 3.05) is 13.1 Å². The standard InChI is InChI=1S/C12H19N3OS/c1-8-4-6-15(9(8)2)12(16)10-7-17-11(14-10)3-5-13/h7-9H,3-6,13H2,1-2H3.